The molecule has 0 radical (unpaired) electrons. The van der Waals surface area contributed by atoms with Crippen LogP contribution in [0.25, 0.3) is 0 Å². The van der Waals surface area contributed by atoms with Crippen LogP contribution >= 0.6 is 0 Å². The van der Waals surface area contributed by atoms with Gasteiger partial charge in [-0.15, -0.1) is 0 Å². The Labute approximate surface area is 203 Å². The minimum absolute atomic E-state index is 0.155. The summed E-state index contributed by atoms with van der Waals surface area (Å²) in [6.45, 7) is 1.91. The molecule has 2 aliphatic heterocycles. The van der Waals surface area contributed by atoms with Crippen LogP contribution in [-0.2, 0) is 18.2 Å². The molecule has 1 N–H and O–H groups in total. The van der Waals surface area contributed by atoms with Gasteiger partial charge in [-0.1, -0.05) is 36.4 Å². The molecule has 2 fully saturated rings. The molecule has 2 aromatic carbocycles. The van der Waals surface area contributed by atoms with Crippen molar-refractivity contribution in [1.29, 1.82) is 0 Å². The number of ether oxygens (including phenoxy) is 1. The van der Waals surface area contributed by atoms with Gasteiger partial charge >= 0.3 is 6.09 Å². The van der Waals surface area contributed by atoms with Crippen LogP contribution in [0.15, 0.2) is 67.0 Å². The summed E-state index contributed by atoms with van der Waals surface area (Å²) in [4.78, 5) is 41.6. The molecule has 3 aromatic rings. The lowest BCUT2D eigenvalue weighted by Gasteiger charge is -2.22. The van der Waals surface area contributed by atoms with Crippen molar-refractivity contribution in [1.82, 2.24) is 19.6 Å². The molecule has 2 aliphatic rings. The summed E-state index contributed by atoms with van der Waals surface area (Å²) in [7, 11) is 1.74. The normalized spacial score (nSPS) is 19.3. The first-order valence-electron chi connectivity index (χ1n) is 11.6. The summed E-state index contributed by atoms with van der Waals surface area (Å²) in [5.74, 6) is -0.450. The van der Waals surface area contributed by atoms with Gasteiger partial charge < -0.3 is 19.9 Å². The molecule has 3 heterocycles. The second-order valence-electron chi connectivity index (χ2n) is 9.12. The van der Waals surface area contributed by atoms with E-state index in [1.54, 1.807) is 52.0 Å². The molecule has 9 nitrogen and oxygen atoms in total. The molecular formula is C26H27N5O4. The highest BCUT2D eigenvalue weighted by Gasteiger charge is 2.50. The lowest BCUT2D eigenvalue weighted by atomic mass is 10.0. The number of likely N-dealkylation sites (tertiary alicyclic amines) is 1. The van der Waals surface area contributed by atoms with Gasteiger partial charge in [0.25, 0.3) is 11.8 Å². The van der Waals surface area contributed by atoms with Crippen molar-refractivity contribution < 1.29 is 19.1 Å². The first-order chi connectivity index (χ1) is 16.9. The van der Waals surface area contributed by atoms with E-state index < -0.39 is 5.60 Å². The molecule has 9 heteroatoms. The van der Waals surface area contributed by atoms with Gasteiger partial charge in [0.1, 0.15) is 0 Å². The van der Waals surface area contributed by atoms with Crippen LogP contribution in [0.2, 0.25) is 0 Å². The molecule has 1 atom stereocenters. The highest BCUT2D eigenvalue weighted by Crippen LogP contribution is 2.33. The highest BCUT2D eigenvalue weighted by atomic mass is 16.6. The van der Waals surface area contributed by atoms with Crippen LogP contribution in [0.4, 0.5) is 10.5 Å². The maximum Gasteiger partial charge on any atom is 0.410 e. The first kappa shape index (κ1) is 22.6. The second-order valence-corrected chi connectivity index (χ2v) is 9.12. The zero-order valence-corrected chi connectivity index (χ0v) is 19.5. The lowest BCUT2D eigenvalue weighted by molar-refractivity contribution is 0.0553. The lowest BCUT2D eigenvalue weighted by Crippen LogP contribution is -2.39. The number of aromatic nitrogens is 2. The van der Waals surface area contributed by atoms with Crippen molar-refractivity contribution in [3.63, 3.8) is 0 Å². The Hall–Kier alpha value is -4.14. The van der Waals surface area contributed by atoms with Crippen LogP contribution in [0.5, 0.6) is 0 Å². The van der Waals surface area contributed by atoms with Gasteiger partial charge in [-0.3, -0.25) is 14.3 Å². The van der Waals surface area contributed by atoms with Gasteiger partial charge in [-0.05, 0) is 30.2 Å². The largest absolute Gasteiger partial charge is 0.439 e. The number of benzene rings is 2. The van der Waals surface area contributed by atoms with E-state index in [4.69, 9.17) is 4.74 Å². The molecule has 3 amide bonds. The fraction of sp³-hybridized carbons (Fsp3) is 0.308. The number of amides is 3. The zero-order valence-electron chi connectivity index (χ0n) is 19.5. The molecule has 180 valence electrons. The Balaban J connectivity index is 1.20. The summed E-state index contributed by atoms with van der Waals surface area (Å²) in [6.07, 6.45) is 4.14. The standard InChI is InChI=1S/C26H27N5O4/c1-29-16-21(15-27-29)23(32)28-22-9-5-8-20(14-22)24(33)30-13-11-26(17-30)18-31(25(34)35-26)12-10-19-6-3-2-4-7-19/h2-9,14-16H,10-13,17-18H2,1H3,(H,28,32). The van der Waals surface area contributed by atoms with Crippen LogP contribution < -0.4 is 5.32 Å². The minimum atomic E-state index is -0.671. The maximum absolute atomic E-state index is 13.2. The number of nitrogens with zero attached hydrogens (tertiary/aromatic N) is 4. The topological polar surface area (TPSA) is 96.8 Å². The molecule has 0 bridgehead atoms. The summed E-state index contributed by atoms with van der Waals surface area (Å²) in [5, 5.41) is 6.81. The Kier molecular flexibility index (Phi) is 5.98. The summed E-state index contributed by atoms with van der Waals surface area (Å²) < 4.78 is 7.33. The molecular weight excluding hydrogens is 446 g/mol. The maximum atomic E-state index is 13.2. The van der Waals surface area contributed by atoms with E-state index >= 15 is 0 Å². The van der Waals surface area contributed by atoms with Gasteiger partial charge in [0.05, 0.1) is 24.8 Å². The highest BCUT2D eigenvalue weighted by molar-refractivity contribution is 6.04. The predicted octanol–water partition coefficient (Wildman–Crippen LogP) is 2.95. The summed E-state index contributed by atoms with van der Waals surface area (Å²) in [6, 6.07) is 16.9. The van der Waals surface area contributed by atoms with E-state index in [-0.39, 0.29) is 17.9 Å². The van der Waals surface area contributed by atoms with Gasteiger partial charge in [-0.25, -0.2) is 4.79 Å². The third-order valence-corrected chi connectivity index (χ3v) is 6.49. The number of nitrogens with one attached hydrogen (secondary N) is 1. The molecule has 35 heavy (non-hydrogen) atoms. The third kappa shape index (κ3) is 4.89. The Morgan fingerprint density at radius 2 is 1.91 bits per heavy atom. The van der Waals surface area contributed by atoms with E-state index in [0.717, 1.165) is 6.42 Å². The average molecular weight is 474 g/mol. The molecule has 1 spiro atoms. The molecule has 2 saturated heterocycles. The first-order valence-corrected chi connectivity index (χ1v) is 11.6. The Bertz CT molecular complexity index is 1260. The number of aryl methyl sites for hydroxylation is 1. The quantitative estimate of drug-likeness (QED) is 0.594. The van der Waals surface area contributed by atoms with Crippen LogP contribution in [0.1, 0.15) is 32.7 Å². The van der Waals surface area contributed by atoms with Crippen LogP contribution in [-0.4, -0.2) is 69.3 Å². The predicted molar refractivity (Wildman–Crippen MR) is 129 cm³/mol. The van der Waals surface area contributed by atoms with Crippen molar-refractivity contribution in [2.45, 2.75) is 18.4 Å². The van der Waals surface area contributed by atoms with Gasteiger partial charge in [-0.2, -0.15) is 5.10 Å². The monoisotopic (exact) mass is 473 g/mol. The fourth-order valence-electron chi connectivity index (χ4n) is 4.66. The minimum Gasteiger partial charge on any atom is -0.439 e. The Morgan fingerprint density at radius 3 is 2.69 bits per heavy atom. The SMILES string of the molecule is Cn1cc(C(=O)Nc2cccc(C(=O)N3CCC4(CN(CCc5ccccc5)C(=O)O4)C3)c2)cn1. The third-order valence-electron chi connectivity index (χ3n) is 6.49. The van der Waals surface area contributed by atoms with Gasteiger partial charge in [0.2, 0.25) is 0 Å². The number of hydrogen-bond donors (Lipinski definition) is 1. The number of carbonyl (C=O) groups is 3. The van der Waals surface area contributed by atoms with Crippen LogP contribution in [0, 0.1) is 0 Å². The number of rotatable bonds is 6. The van der Waals surface area contributed by atoms with E-state index in [1.807, 2.05) is 30.3 Å². The van der Waals surface area contributed by atoms with Crippen molar-refractivity contribution in [2.75, 3.05) is 31.5 Å². The van der Waals surface area contributed by atoms with Crippen LogP contribution in [0.3, 0.4) is 0 Å². The molecule has 1 aromatic heterocycles. The number of hydrogen-bond acceptors (Lipinski definition) is 5. The summed E-state index contributed by atoms with van der Waals surface area (Å²) >= 11 is 0. The molecule has 0 saturated carbocycles. The molecule has 5 rings (SSSR count). The van der Waals surface area contributed by atoms with E-state index in [9.17, 15) is 14.4 Å². The smallest absolute Gasteiger partial charge is 0.410 e. The Morgan fingerprint density at radius 1 is 1.09 bits per heavy atom. The fourth-order valence-corrected chi connectivity index (χ4v) is 4.66. The van der Waals surface area contributed by atoms with E-state index in [0.29, 0.717) is 49.4 Å². The van der Waals surface area contributed by atoms with E-state index in [2.05, 4.69) is 10.4 Å². The van der Waals surface area contributed by atoms with Gasteiger partial charge in [0, 0.05) is 44.0 Å². The van der Waals surface area contributed by atoms with Crippen molar-refractivity contribution in [3.05, 3.63) is 83.7 Å². The van der Waals surface area contributed by atoms with Crippen molar-refractivity contribution >= 4 is 23.6 Å². The van der Waals surface area contributed by atoms with E-state index in [1.165, 1.54) is 11.8 Å². The number of anilines is 1. The molecule has 0 aliphatic carbocycles. The van der Waals surface area contributed by atoms with Crippen molar-refractivity contribution in [2.24, 2.45) is 7.05 Å². The summed E-state index contributed by atoms with van der Waals surface area (Å²) in [5.41, 5.74) is 1.93. The van der Waals surface area contributed by atoms with Crippen molar-refractivity contribution in [3.8, 4) is 0 Å². The molecule has 1 unspecified atom stereocenters. The average Bonchev–Trinajstić information content (AvgIpc) is 3.56. The number of carbonyl (C=O) groups excluding carboxylic acids is 3. The second kappa shape index (κ2) is 9.25. The zero-order chi connectivity index (χ0) is 24.4. The van der Waals surface area contributed by atoms with Gasteiger partial charge in [0.15, 0.2) is 5.60 Å².